The number of hydrogen-bond acceptors (Lipinski definition) is 6. The van der Waals surface area contributed by atoms with Gasteiger partial charge in [-0.3, -0.25) is 9.59 Å². The van der Waals surface area contributed by atoms with Crippen LogP contribution in [0.15, 0.2) is 17.5 Å². The van der Waals surface area contributed by atoms with E-state index < -0.39 is 17.7 Å². The van der Waals surface area contributed by atoms with Gasteiger partial charge in [0, 0.05) is 18.0 Å². The largest absolute Gasteiger partial charge is 0.452 e. The number of likely N-dealkylation sites (tertiary alicyclic amines) is 1. The van der Waals surface area contributed by atoms with Crippen LogP contribution in [0.4, 0.5) is 4.79 Å². The van der Waals surface area contributed by atoms with Crippen LogP contribution in [0.25, 0.3) is 0 Å². The first-order valence-corrected chi connectivity index (χ1v) is 10.0. The van der Waals surface area contributed by atoms with Gasteiger partial charge in [-0.15, -0.1) is 11.3 Å². The van der Waals surface area contributed by atoms with E-state index in [1.165, 1.54) is 0 Å². The summed E-state index contributed by atoms with van der Waals surface area (Å²) < 4.78 is 10.7. The predicted octanol–water partition coefficient (Wildman–Crippen LogP) is 2.94. The average molecular weight is 397 g/mol. The number of hydrogen-bond donors (Lipinski definition) is 1. The van der Waals surface area contributed by atoms with Crippen LogP contribution < -0.4 is 5.32 Å². The lowest BCUT2D eigenvalue weighted by molar-refractivity contribution is -0.160. The summed E-state index contributed by atoms with van der Waals surface area (Å²) in [5.41, 5.74) is -0.543. The molecule has 0 bridgehead atoms. The van der Waals surface area contributed by atoms with Gasteiger partial charge in [-0.05, 0) is 52.0 Å². The number of ether oxygens (including phenoxy) is 2. The van der Waals surface area contributed by atoms with Crippen LogP contribution in [0.2, 0.25) is 0 Å². The molecule has 0 spiro atoms. The standard InChI is InChI=1S/C19H28N2O5S/c1-13(16(22)20-12-15-6-5-11-27-15)25-17(23)14-7-9-21(10-8-14)18(24)26-19(2,3)4/h5-6,11,13-14H,7-10,12H2,1-4H3,(H,20,22)/t13-/m1/s1. The predicted molar refractivity (Wildman–Crippen MR) is 102 cm³/mol. The quantitative estimate of drug-likeness (QED) is 0.774. The minimum absolute atomic E-state index is 0.309. The maximum absolute atomic E-state index is 12.3. The molecule has 1 fully saturated rings. The fraction of sp³-hybridized carbons (Fsp3) is 0.632. The molecule has 1 aromatic heterocycles. The van der Waals surface area contributed by atoms with Gasteiger partial charge < -0.3 is 19.7 Å². The molecule has 2 heterocycles. The molecule has 1 aliphatic rings. The summed E-state index contributed by atoms with van der Waals surface area (Å²) >= 11 is 1.55. The monoisotopic (exact) mass is 396 g/mol. The highest BCUT2D eigenvalue weighted by molar-refractivity contribution is 7.09. The van der Waals surface area contributed by atoms with Gasteiger partial charge >= 0.3 is 12.1 Å². The molecule has 0 aliphatic carbocycles. The Labute approximate surface area is 164 Å². The van der Waals surface area contributed by atoms with Gasteiger partial charge in [0.2, 0.25) is 0 Å². The Morgan fingerprint density at radius 3 is 2.52 bits per heavy atom. The SMILES string of the molecule is C[C@@H](OC(=O)C1CCN(C(=O)OC(C)(C)C)CC1)C(=O)NCc1cccs1. The van der Waals surface area contributed by atoms with Crippen molar-refractivity contribution < 1.29 is 23.9 Å². The Morgan fingerprint density at radius 2 is 1.96 bits per heavy atom. The normalized spacial score (nSPS) is 16.5. The molecule has 1 aromatic rings. The Bertz CT molecular complexity index is 646. The first-order valence-electron chi connectivity index (χ1n) is 9.14. The van der Waals surface area contributed by atoms with Gasteiger partial charge in [0.25, 0.3) is 5.91 Å². The summed E-state index contributed by atoms with van der Waals surface area (Å²) in [6, 6.07) is 3.85. The van der Waals surface area contributed by atoms with Crippen LogP contribution in [0, 0.1) is 5.92 Å². The molecule has 2 rings (SSSR count). The van der Waals surface area contributed by atoms with E-state index >= 15 is 0 Å². The molecule has 2 amide bonds. The third kappa shape index (κ3) is 6.86. The summed E-state index contributed by atoms with van der Waals surface area (Å²) in [5.74, 6) is -1.02. The molecule has 0 radical (unpaired) electrons. The van der Waals surface area contributed by atoms with Gasteiger partial charge in [-0.2, -0.15) is 0 Å². The average Bonchev–Trinajstić information content (AvgIpc) is 3.11. The minimum atomic E-state index is -0.846. The molecule has 27 heavy (non-hydrogen) atoms. The van der Waals surface area contributed by atoms with E-state index in [2.05, 4.69) is 5.32 Å². The van der Waals surface area contributed by atoms with E-state index in [9.17, 15) is 14.4 Å². The number of rotatable bonds is 5. The van der Waals surface area contributed by atoms with E-state index in [0.29, 0.717) is 32.5 Å². The Balaban J connectivity index is 1.73. The number of nitrogens with one attached hydrogen (secondary N) is 1. The van der Waals surface area contributed by atoms with Crippen LogP contribution in [0.1, 0.15) is 45.4 Å². The summed E-state index contributed by atoms with van der Waals surface area (Å²) in [6.07, 6.45) is -0.208. The highest BCUT2D eigenvalue weighted by Gasteiger charge is 2.32. The topological polar surface area (TPSA) is 84.9 Å². The maximum Gasteiger partial charge on any atom is 0.410 e. The van der Waals surface area contributed by atoms with E-state index in [1.807, 2.05) is 38.3 Å². The van der Waals surface area contributed by atoms with Crippen molar-refractivity contribution in [1.29, 1.82) is 0 Å². The minimum Gasteiger partial charge on any atom is -0.452 e. The van der Waals surface area contributed by atoms with Gasteiger partial charge in [-0.1, -0.05) is 6.07 Å². The number of thiophene rings is 1. The summed E-state index contributed by atoms with van der Waals surface area (Å²) in [6.45, 7) is 8.32. The van der Waals surface area contributed by atoms with Crippen LogP contribution in [0.5, 0.6) is 0 Å². The summed E-state index contributed by atoms with van der Waals surface area (Å²) in [7, 11) is 0. The number of nitrogens with zero attached hydrogens (tertiary/aromatic N) is 1. The van der Waals surface area contributed by atoms with E-state index in [1.54, 1.807) is 23.2 Å². The second-order valence-electron chi connectivity index (χ2n) is 7.62. The highest BCUT2D eigenvalue weighted by Crippen LogP contribution is 2.21. The lowest BCUT2D eigenvalue weighted by Crippen LogP contribution is -2.44. The molecule has 7 nitrogen and oxygen atoms in total. The summed E-state index contributed by atoms with van der Waals surface area (Å²) in [5, 5.41) is 4.70. The highest BCUT2D eigenvalue weighted by atomic mass is 32.1. The fourth-order valence-electron chi connectivity index (χ4n) is 2.68. The van der Waals surface area contributed by atoms with Crippen molar-refractivity contribution >= 4 is 29.3 Å². The maximum atomic E-state index is 12.3. The van der Waals surface area contributed by atoms with Crippen molar-refractivity contribution in [1.82, 2.24) is 10.2 Å². The number of carbonyl (C=O) groups is 3. The molecule has 0 unspecified atom stereocenters. The van der Waals surface area contributed by atoms with Crippen LogP contribution in [-0.2, 0) is 25.6 Å². The lowest BCUT2D eigenvalue weighted by atomic mass is 9.97. The second-order valence-corrected chi connectivity index (χ2v) is 8.65. The Hall–Kier alpha value is -2.09. The first kappa shape index (κ1) is 21.2. The third-order valence-electron chi connectivity index (χ3n) is 4.16. The lowest BCUT2D eigenvalue weighted by Gasteiger charge is -2.32. The van der Waals surface area contributed by atoms with Crippen molar-refractivity contribution in [3.8, 4) is 0 Å². The molecule has 0 aromatic carbocycles. The van der Waals surface area contributed by atoms with E-state index in [0.717, 1.165) is 4.88 Å². The molecule has 150 valence electrons. The van der Waals surface area contributed by atoms with Crippen LogP contribution in [-0.4, -0.2) is 47.7 Å². The van der Waals surface area contributed by atoms with Crippen molar-refractivity contribution in [2.24, 2.45) is 5.92 Å². The van der Waals surface area contributed by atoms with Gasteiger partial charge in [0.1, 0.15) is 5.60 Å². The first-order chi connectivity index (χ1) is 12.7. The molecule has 0 saturated carbocycles. The van der Waals surface area contributed by atoms with Crippen molar-refractivity contribution in [3.05, 3.63) is 22.4 Å². The molecular formula is C19H28N2O5S. The number of esters is 1. The zero-order valence-corrected chi connectivity index (χ0v) is 17.1. The summed E-state index contributed by atoms with van der Waals surface area (Å²) in [4.78, 5) is 39.1. The number of amides is 2. The molecule has 8 heteroatoms. The van der Waals surface area contributed by atoms with E-state index in [-0.39, 0.29) is 17.9 Å². The fourth-order valence-corrected chi connectivity index (χ4v) is 3.32. The second kappa shape index (κ2) is 9.21. The molecule has 1 saturated heterocycles. The number of carbonyl (C=O) groups excluding carboxylic acids is 3. The third-order valence-corrected chi connectivity index (χ3v) is 5.04. The van der Waals surface area contributed by atoms with Crippen molar-refractivity contribution in [2.75, 3.05) is 13.1 Å². The number of piperidine rings is 1. The molecule has 1 aliphatic heterocycles. The zero-order valence-electron chi connectivity index (χ0n) is 16.3. The zero-order chi connectivity index (χ0) is 20.0. The van der Waals surface area contributed by atoms with Gasteiger partial charge in [0.15, 0.2) is 6.10 Å². The van der Waals surface area contributed by atoms with Gasteiger partial charge in [0.05, 0.1) is 12.5 Å². The molecule has 1 atom stereocenters. The van der Waals surface area contributed by atoms with E-state index in [4.69, 9.17) is 9.47 Å². The molecular weight excluding hydrogens is 368 g/mol. The van der Waals surface area contributed by atoms with Crippen molar-refractivity contribution in [3.63, 3.8) is 0 Å². The molecule has 1 N–H and O–H groups in total. The van der Waals surface area contributed by atoms with Crippen LogP contribution >= 0.6 is 11.3 Å². The van der Waals surface area contributed by atoms with Crippen molar-refractivity contribution in [2.45, 2.75) is 58.8 Å². The Kier molecular flexibility index (Phi) is 7.24. The smallest absolute Gasteiger partial charge is 0.410 e. The van der Waals surface area contributed by atoms with Gasteiger partial charge in [-0.25, -0.2) is 4.79 Å². The Morgan fingerprint density at radius 1 is 1.30 bits per heavy atom. The van der Waals surface area contributed by atoms with Crippen LogP contribution in [0.3, 0.4) is 0 Å².